The van der Waals surface area contributed by atoms with E-state index in [1.807, 2.05) is 32.0 Å². The lowest BCUT2D eigenvalue weighted by Crippen LogP contribution is -2.31. The summed E-state index contributed by atoms with van der Waals surface area (Å²) in [6.07, 6.45) is 0. The summed E-state index contributed by atoms with van der Waals surface area (Å²) in [5, 5.41) is 10.1. The molecule has 0 spiro atoms. The predicted octanol–water partition coefficient (Wildman–Crippen LogP) is 4.59. The van der Waals surface area contributed by atoms with Crippen molar-refractivity contribution in [1.29, 1.82) is 0 Å². The van der Waals surface area contributed by atoms with Gasteiger partial charge < -0.3 is 19.4 Å². The van der Waals surface area contributed by atoms with Gasteiger partial charge in [-0.05, 0) is 49.2 Å². The molecule has 0 aliphatic heterocycles. The van der Waals surface area contributed by atoms with Gasteiger partial charge in [0, 0.05) is 14.0 Å². The summed E-state index contributed by atoms with van der Waals surface area (Å²) < 4.78 is 25.5. The van der Waals surface area contributed by atoms with Crippen LogP contribution in [0.5, 0.6) is 11.5 Å². The Morgan fingerprint density at radius 3 is 2.54 bits per heavy atom. The fourth-order valence-corrected chi connectivity index (χ4v) is 2.71. The number of anilines is 1. The second-order valence-electron chi connectivity index (χ2n) is 6.54. The molecule has 7 nitrogen and oxygen atoms in total. The van der Waals surface area contributed by atoms with Gasteiger partial charge in [-0.15, -0.1) is 10.2 Å². The first-order valence-corrected chi connectivity index (χ1v) is 8.67. The number of halogens is 1. The highest BCUT2D eigenvalue weighted by Gasteiger charge is 2.18. The molecule has 0 unspecified atom stereocenters. The molecule has 0 saturated heterocycles. The van der Waals surface area contributed by atoms with E-state index in [0.717, 1.165) is 11.1 Å². The molecular formula is C20H21FN4O3. The Bertz CT molecular complexity index is 983. The van der Waals surface area contributed by atoms with Crippen LogP contribution in [0.1, 0.15) is 22.9 Å². The lowest BCUT2D eigenvalue weighted by atomic mass is 10.1. The Labute approximate surface area is 162 Å². The van der Waals surface area contributed by atoms with E-state index in [2.05, 4.69) is 15.5 Å². The number of carbonyl (C=O) groups excluding carboxylic acids is 1. The number of hydrogen-bond donors (Lipinski definition) is 1. The zero-order chi connectivity index (χ0) is 20.3. The van der Waals surface area contributed by atoms with Gasteiger partial charge in [0.1, 0.15) is 18.0 Å². The molecule has 0 bridgehead atoms. The summed E-state index contributed by atoms with van der Waals surface area (Å²) in [6.45, 7) is 5.64. The SMILES string of the molecule is Cc1cc(C)cc(Oc2cccc(F)c2NC(=O)N(C)Cc2nnc(C)o2)c1. The molecule has 0 atom stereocenters. The van der Waals surface area contributed by atoms with Crippen LogP contribution in [0, 0.1) is 26.6 Å². The van der Waals surface area contributed by atoms with E-state index in [-0.39, 0.29) is 23.9 Å². The number of nitrogens with zero attached hydrogens (tertiary/aromatic N) is 3. The van der Waals surface area contributed by atoms with Gasteiger partial charge in [-0.25, -0.2) is 9.18 Å². The maximum absolute atomic E-state index is 14.4. The van der Waals surface area contributed by atoms with Gasteiger partial charge in [-0.1, -0.05) is 12.1 Å². The van der Waals surface area contributed by atoms with Gasteiger partial charge in [-0.3, -0.25) is 0 Å². The molecule has 1 heterocycles. The van der Waals surface area contributed by atoms with Crippen molar-refractivity contribution in [3.05, 3.63) is 65.1 Å². The maximum atomic E-state index is 14.4. The van der Waals surface area contributed by atoms with E-state index in [1.54, 1.807) is 20.0 Å². The number of urea groups is 1. The van der Waals surface area contributed by atoms with E-state index in [9.17, 15) is 9.18 Å². The number of ether oxygens (including phenoxy) is 1. The Balaban J connectivity index is 1.78. The molecule has 3 aromatic rings. The minimum absolute atomic E-state index is 0.0415. The number of aryl methyl sites for hydroxylation is 3. The zero-order valence-corrected chi connectivity index (χ0v) is 16.1. The van der Waals surface area contributed by atoms with Crippen LogP contribution in [0.4, 0.5) is 14.9 Å². The first-order valence-electron chi connectivity index (χ1n) is 8.67. The van der Waals surface area contributed by atoms with E-state index < -0.39 is 11.8 Å². The maximum Gasteiger partial charge on any atom is 0.322 e. The summed E-state index contributed by atoms with van der Waals surface area (Å²) in [6, 6.07) is 9.53. The standard InChI is InChI=1S/C20H21FN4O3/c1-12-8-13(2)10-15(9-12)28-17-7-5-6-16(21)19(17)22-20(26)25(4)11-18-24-23-14(3)27-18/h5-10H,11H2,1-4H3,(H,22,26). The molecule has 0 aliphatic rings. The largest absolute Gasteiger partial charge is 0.455 e. The molecule has 1 aromatic heterocycles. The predicted molar refractivity (Wildman–Crippen MR) is 102 cm³/mol. The highest BCUT2D eigenvalue weighted by Crippen LogP contribution is 2.32. The molecular weight excluding hydrogens is 363 g/mol. The Hall–Kier alpha value is -3.42. The molecule has 8 heteroatoms. The first kappa shape index (κ1) is 19.3. The van der Waals surface area contributed by atoms with Gasteiger partial charge in [-0.2, -0.15) is 0 Å². The minimum Gasteiger partial charge on any atom is -0.455 e. The molecule has 0 radical (unpaired) electrons. The number of para-hydroxylation sites is 1. The fourth-order valence-electron chi connectivity index (χ4n) is 2.71. The van der Waals surface area contributed by atoms with Crippen molar-refractivity contribution < 1.29 is 18.3 Å². The normalized spacial score (nSPS) is 10.6. The quantitative estimate of drug-likeness (QED) is 0.696. The van der Waals surface area contributed by atoms with Gasteiger partial charge >= 0.3 is 6.03 Å². The van der Waals surface area contributed by atoms with Crippen molar-refractivity contribution in [1.82, 2.24) is 15.1 Å². The van der Waals surface area contributed by atoms with Crippen molar-refractivity contribution in [2.45, 2.75) is 27.3 Å². The third kappa shape index (κ3) is 4.64. The minimum atomic E-state index is -0.600. The number of aromatic nitrogens is 2. The topological polar surface area (TPSA) is 80.5 Å². The van der Waals surface area contributed by atoms with Crippen LogP contribution in [0.25, 0.3) is 0 Å². The highest BCUT2D eigenvalue weighted by atomic mass is 19.1. The van der Waals surface area contributed by atoms with Gasteiger partial charge in [0.05, 0.1) is 0 Å². The molecule has 0 fully saturated rings. The average Bonchev–Trinajstić information content (AvgIpc) is 3.01. The number of hydrogen-bond acceptors (Lipinski definition) is 5. The summed E-state index contributed by atoms with van der Waals surface area (Å²) in [5.41, 5.74) is 2.00. The third-order valence-electron chi connectivity index (χ3n) is 3.92. The number of benzene rings is 2. The molecule has 2 amide bonds. The van der Waals surface area contributed by atoms with Gasteiger partial charge in [0.25, 0.3) is 0 Å². The Kier molecular flexibility index (Phi) is 5.58. The first-order chi connectivity index (χ1) is 13.3. The molecule has 0 aliphatic carbocycles. The van der Waals surface area contributed by atoms with Crippen molar-refractivity contribution >= 4 is 11.7 Å². The summed E-state index contributed by atoms with van der Waals surface area (Å²) in [4.78, 5) is 13.8. The van der Waals surface area contributed by atoms with E-state index in [4.69, 9.17) is 9.15 Å². The van der Waals surface area contributed by atoms with Crippen LogP contribution in [-0.4, -0.2) is 28.2 Å². The van der Waals surface area contributed by atoms with Crippen molar-refractivity contribution in [2.75, 3.05) is 12.4 Å². The number of carbonyl (C=O) groups is 1. The van der Waals surface area contributed by atoms with E-state index >= 15 is 0 Å². The summed E-state index contributed by atoms with van der Waals surface area (Å²) in [7, 11) is 1.54. The van der Waals surface area contributed by atoms with Crippen molar-refractivity contribution in [3.8, 4) is 11.5 Å². The van der Waals surface area contributed by atoms with Crippen molar-refractivity contribution in [2.24, 2.45) is 0 Å². The molecule has 146 valence electrons. The van der Waals surface area contributed by atoms with Crippen LogP contribution in [-0.2, 0) is 6.54 Å². The van der Waals surface area contributed by atoms with Crippen molar-refractivity contribution in [3.63, 3.8) is 0 Å². The smallest absolute Gasteiger partial charge is 0.322 e. The molecule has 2 aromatic carbocycles. The Morgan fingerprint density at radius 2 is 1.89 bits per heavy atom. The van der Waals surface area contributed by atoms with Crippen LogP contribution in [0.3, 0.4) is 0 Å². The second kappa shape index (κ2) is 8.08. The van der Waals surface area contributed by atoms with E-state index in [0.29, 0.717) is 11.6 Å². The summed E-state index contributed by atoms with van der Waals surface area (Å²) >= 11 is 0. The van der Waals surface area contributed by atoms with Crippen LogP contribution in [0.15, 0.2) is 40.8 Å². The molecule has 0 saturated carbocycles. The lowest BCUT2D eigenvalue weighted by molar-refractivity contribution is 0.215. The van der Waals surface area contributed by atoms with Crippen LogP contribution < -0.4 is 10.1 Å². The second-order valence-corrected chi connectivity index (χ2v) is 6.54. The number of nitrogens with one attached hydrogen (secondary N) is 1. The monoisotopic (exact) mass is 384 g/mol. The van der Waals surface area contributed by atoms with Crippen LogP contribution in [0.2, 0.25) is 0 Å². The zero-order valence-electron chi connectivity index (χ0n) is 16.1. The Morgan fingerprint density at radius 1 is 1.18 bits per heavy atom. The van der Waals surface area contributed by atoms with Gasteiger partial charge in [0.15, 0.2) is 11.6 Å². The number of amides is 2. The lowest BCUT2D eigenvalue weighted by Gasteiger charge is -2.18. The average molecular weight is 384 g/mol. The molecule has 1 N–H and O–H groups in total. The highest BCUT2D eigenvalue weighted by molar-refractivity contribution is 5.91. The molecule has 28 heavy (non-hydrogen) atoms. The van der Waals surface area contributed by atoms with E-state index in [1.165, 1.54) is 17.0 Å². The third-order valence-corrected chi connectivity index (χ3v) is 3.92. The van der Waals surface area contributed by atoms with Gasteiger partial charge in [0.2, 0.25) is 11.8 Å². The summed E-state index contributed by atoms with van der Waals surface area (Å²) in [5.74, 6) is 0.864. The van der Waals surface area contributed by atoms with Crippen LogP contribution >= 0.6 is 0 Å². The number of rotatable bonds is 5. The molecule has 3 rings (SSSR count). The fraction of sp³-hybridized carbons (Fsp3) is 0.250.